The molecule has 0 radical (unpaired) electrons. The molecule has 0 saturated carbocycles. The Morgan fingerprint density at radius 2 is 1.70 bits per heavy atom. The van der Waals surface area contributed by atoms with Crippen LogP contribution in [0.25, 0.3) is 0 Å². The standard InChI is InChI=1S/C18H26N4O/c1-11-7-8-12(2)16(9-11)13(3)19-18(23)20-14(4)17-10-22(6)21-15(17)5/h7-10,13-14H,1-6H3,(H2,19,20,23)/t13-,14-/m0/s1. The van der Waals surface area contributed by atoms with E-state index >= 15 is 0 Å². The van der Waals surface area contributed by atoms with Crippen LogP contribution in [0.5, 0.6) is 0 Å². The average molecular weight is 314 g/mol. The smallest absolute Gasteiger partial charge is 0.315 e. The van der Waals surface area contributed by atoms with Gasteiger partial charge in [-0.1, -0.05) is 23.8 Å². The molecule has 2 aromatic rings. The highest BCUT2D eigenvalue weighted by Gasteiger charge is 2.16. The molecule has 0 spiro atoms. The Hall–Kier alpha value is -2.30. The molecule has 23 heavy (non-hydrogen) atoms. The largest absolute Gasteiger partial charge is 0.332 e. The first-order valence-corrected chi connectivity index (χ1v) is 7.92. The van der Waals surface area contributed by atoms with Gasteiger partial charge in [0.2, 0.25) is 0 Å². The zero-order chi connectivity index (χ0) is 17.1. The lowest BCUT2D eigenvalue weighted by molar-refractivity contribution is 0.235. The molecule has 0 aliphatic carbocycles. The molecule has 2 atom stereocenters. The quantitative estimate of drug-likeness (QED) is 0.908. The van der Waals surface area contributed by atoms with E-state index in [1.165, 1.54) is 11.1 Å². The van der Waals surface area contributed by atoms with Gasteiger partial charge in [0.05, 0.1) is 17.8 Å². The molecule has 2 amide bonds. The second-order valence-electron chi connectivity index (χ2n) is 6.26. The summed E-state index contributed by atoms with van der Waals surface area (Å²) in [6.07, 6.45) is 1.94. The summed E-state index contributed by atoms with van der Waals surface area (Å²) < 4.78 is 1.76. The monoisotopic (exact) mass is 314 g/mol. The van der Waals surface area contributed by atoms with Gasteiger partial charge in [-0.25, -0.2) is 4.79 Å². The highest BCUT2D eigenvalue weighted by molar-refractivity contribution is 5.75. The topological polar surface area (TPSA) is 59.0 Å². The summed E-state index contributed by atoms with van der Waals surface area (Å²) in [6, 6.07) is 5.98. The Balaban J connectivity index is 2.01. The van der Waals surface area contributed by atoms with Gasteiger partial charge >= 0.3 is 6.03 Å². The number of benzene rings is 1. The van der Waals surface area contributed by atoms with Crippen LogP contribution in [0.1, 0.15) is 53.9 Å². The van der Waals surface area contributed by atoms with E-state index in [1.807, 2.05) is 34.0 Å². The fraction of sp³-hybridized carbons (Fsp3) is 0.444. The van der Waals surface area contributed by atoms with E-state index in [2.05, 4.69) is 47.8 Å². The molecule has 2 N–H and O–H groups in total. The van der Waals surface area contributed by atoms with Gasteiger partial charge in [0.1, 0.15) is 0 Å². The number of aryl methyl sites for hydroxylation is 4. The first kappa shape index (κ1) is 17.1. The molecule has 0 unspecified atom stereocenters. The van der Waals surface area contributed by atoms with Gasteiger partial charge < -0.3 is 10.6 Å². The van der Waals surface area contributed by atoms with E-state index in [1.54, 1.807) is 4.68 Å². The molecular formula is C18H26N4O. The minimum atomic E-state index is -0.172. The molecule has 1 heterocycles. The van der Waals surface area contributed by atoms with Gasteiger partial charge in [0, 0.05) is 18.8 Å². The van der Waals surface area contributed by atoms with Crippen molar-refractivity contribution < 1.29 is 4.79 Å². The number of urea groups is 1. The molecule has 5 heteroatoms. The number of carbonyl (C=O) groups is 1. The van der Waals surface area contributed by atoms with Gasteiger partial charge in [0.25, 0.3) is 0 Å². The van der Waals surface area contributed by atoms with Crippen molar-refractivity contribution in [2.75, 3.05) is 0 Å². The predicted octanol–water partition coefficient (Wildman–Crippen LogP) is 3.47. The van der Waals surface area contributed by atoms with Crippen LogP contribution in [0.2, 0.25) is 0 Å². The molecule has 2 rings (SSSR count). The van der Waals surface area contributed by atoms with E-state index in [-0.39, 0.29) is 18.1 Å². The summed E-state index contributed by atoms with van der Waals surface area (Å²) >= 11 is 0. The van der Waals surface area contributed by atoms with E-state index in [4.69, 9.17) is 0 Å². The minimum Gasteiger partial charge on any atom is -0.332 e. The fourth-order valence-electron chi connectivity index (χ4n) is 2.86. The van der Waals surface area contributed by atoms with Crippen LogP contribution in [0.15, 0.2) is 24.4 Å². The van der Waals surface area contributed by atoms with Gasteiger partial charge in [0.15, 0.2) is 0 Å². The Labute approximate surface area is 138 Å². The lowest BCUT2D eigenvalue weighted by Crippen LogP contribution is -2.38. The SMILES string of the molecule is Cc1ccc(C)c([C@H](C)NC(=O)N[C@@H](C)c2cn(C)nc2C)c1. The van der Waals surface area contributed by atoms with Crippen LogP contribution >= 0.6 is 0 Å². The van der Waals surface area contributed by atoms with Gasteiger partial charge in [-0.05, 0) is 45.7 Å². The predicted molar refractivity (Wildman–Crippen MR) is 92.4 cm³/mol. The Bertz CT molecular complexity index is 705. The molecule has 1 aromatic heterocycles. The molecule has 0 bridgehead atoms. The van der Waals surface area contributed by atoms with E-state index in [0.717, 1.165) is 16.8 Å². The average Bonchev–Trinajstić information content (AvgIpc) is 2.80. The summed E-state index contributed by atoms with van der Waals surface area (Å²) in [4.78, 5) is 12.3. The maximum atomic E-state index is 12.3. The first-order chi connectivity index (χ1) is 10.8. The normalized spacial score (nSPS) is 13.5. The third-order valence-corrected chi connectivity index (χ3v) is 4.11. The molecule has 124 valence electrons. The van der Waals surface area contributed by atoms with E-state index < -0.39 is 0 Å². The van der Waals surface area contributed by atoms with Crippen LogP contribution in [-0.2, 0) is 7.05 Å². The summed E-state index contributed by atoms with van der Waals surface area (Å²) in [5.41, 5.74) is 5.48. The molecule has 0 aliphatic heterocycles. The Morgan fingerprint density at radius 1 is 1.09 bits per heavy atom. The maximum absolute atomic E-state index is 12.3. The van der Waals surface area contributed by atoms with Crippen molar-refractivity contribution in [3.05, 3.63) is 52.3 Å². The van der Waals surface area contributed by atoms with Crippen molar-refractivity contribution >= 4 is 6.03 Å². The lowest BCUT2D eigenvalue weighted by Gasteiger charge is -2.20. The van der Waals surface area contributed by atoms with Crippen molar-refractivity contribution in [3.8, 4) is 0 Å². The number of aromatic nitrogens is 2. The summed E-state index contributed by atoms with van der Waals surface area (Å²) in [7, 11) is 1.88. The molecule has 0 aliphatic rings. The van der Waals surface area contributed by atoms with Gasteiger partial charge in [-0.3, -0.25) is 4.68 Å². The zero-order valence-electron chi connectivity index (χ0n) is 14.8. The second-order valence-corrected chi connectivity index (χ2v) is 6.26. The Morgan fingerprint density at radius 3 is 2.26 bits per heavy atom. The van der Waals surface area contributed by atoms with E-state index in [9.17, 15) is 4.79 Å². The van der Waals surface area contributed by atoms with Crippen molar-refractivity contribution in [2.24, 2.45) is 7.05 Å². The summed E-state index contributed by atoms with van der Waals surface area (Å²) in [5.74, 6) is 0. The number of nitrogens with zero attached hydrogens (tertiary/aromatic N) is 2. The number of hydrogen-bond donors (Lipinski definition) is 2. The van der Waals surface area contributed by atoms with Crippen molar-refractivity contribution in [3.63, 3.8) is 0 Å². The second kappa shape index (κ2) is 6.86. The molecule has 5 nitrogen and oxygen atoms in total. The summed E-state index contributed by atoms with van der Waals surface area (Å²) in [5, 5.41) is 10.3. The highest BCUT2D eigenvalue weighted by atomic mass is 16.2. The number of amides is 2. The van der Waals surface area contributed by atoms with E-state index in [0.29, 0.717) is 0 Å². The number of carbonyl (C=O) groups excluding carboxylic acids is 1. The third kappa shape index (κ3) is 4.12. The van der Waals surface area contributed by atoms with Gasteiger partial charge in [-0.2, -0.15) is 5.10 Å². The number of nitrogens with one attached hydrogen (secondary N) is 2. The van der Waals surface area contributed by atoms with Crippen LogP contribution in [0.3, 0.4) is 0 Å². The lowest BCUT2D eigenvalue weighted by atomic mass is 10.0. The highest BCUT2D eigenvalue weighted by Crippen LogP contribution is 2.19. The van der Waals surface area contributed by atoms with Crippen LogP contribution in [0.4, 0.5) is 4.79 Å². The minimum absolute atomic E-state index is 0.0444. The Kier molecular flexibility index (Phi) is 5.08. The van der Waals surface area contributed by atoms with Crippen molar-refractivity contribution in [2.45, 2.75) is 46.7 Å². The summed E-state index contributed by atoms with van der Waals surface area (Å²) in [6.45, 7) is 10.0. The number of rotatable bonds is 4. The van der Waals surface area contributed by atoms with Crippen LogP contribution in [-0.4, -0.2) is 15.8 Å². The van der Waals surface area contributed by atoms with Crippen LogP contribution in [0, 0.1) is 20.8 Å². The third-order valence-electron chi connectivity index (χ3n) is 4.11. The molecule has 0 saturated heterocycles. The molecular weight excluding hydrogens is 288 g/mol. The van der Waals surface area contributed by atoms with Crippen LogP contribution < -0.4 is 10.6 Å². The molecule has 0 fully saturated rings. The van der Waals surface area contributed by atoms with Gasteiger partial charge in [-0.15, -0.1) is 0 Å². The van der Waals surface area contributed by atoms with Crippen molar-refractivity contribution in [1.29, 1.82) is 0 Å². The maximum Gasteiger partial charge on any atom is 0.315 e. The first-order valence-electron chi connectivity index (χ1n) is 7.92. The van der Waals surface area contributed by atoms with Crippen molar-refractivity contribution in [1.82, 2.24) is 20.4 Å². The number of hydrogen-bond acceptors (Lipinski definition) is 2. The molecule has 1 aromatic carbocycles. The zero-order valence-corrected chi connectivity index (χ0v) is 14.8. The fourth-order valence-corrected chi connectivity index (χ4v) is 2.86.